The number of benzene rings is 1. The lowest BCUT2D eigenvalue weighted by Gasteiger charge is -2.22. The van der Waals surface area contributed by atoms with Crippen LogP contribution in [0.5, 0.6) is 0 Å². The van der Waals surface area contributed by atoms with Crippen LogP contribution in [0, 0.1) is 26.7 Å². The van der Waals surface area contributed by atoms with Gasteiger partial charge in [-0.2, -0.15) is 0 Å². The molecular weight excluding hydrogens is 380 g/mol. The van der Waals surface area contributed by atoms with Gasteiger partial charge in [-0.15, -0.1) is 11.3 Å². The lowest BCUT2D eigenvalue weighted by molar-refractivity contribution is -0.114. The molecule has 5 nitrogen and oxygen atoms in total. The number of thiophene rings is 1. The van der Waals surface area contributed by atoms with Crippen LogP contribution in [0.3, 0.4) is 0 Å². The lowest BCUT2D eigenvalue weighted by atomic mass is 9.89. The zero-order chi connectivity index (χ0) is 20.7. The standard InChI is InChI=1S/C23H28N4OS/c1-13-6-7-17-18(10-13)29-23-20(17)22(24-12-25-23)27(5)11-19(28)26-21-15(3)8-14(2)9-16(21)4/h8-9,12-13H,6-7,10-11H2,1-5H3,(H,26,28)/t13-/m1/s1. The fraction of sp³-hybridized carbons (Fsp3) is 0.435. The summed E-state index contributed by atoms with van der Waals surface area (Å²) in [5.74, 6) is 1.54. The molecule has 0 fully saturated rings. The highest BCUT2D eigenvalue weighted by Crippen LogP contribution is 2.40. The summed E-state index contributed by atoms with van der Waals surface area (Å²) in [7, 11) is 1.94. The molecule has 1 aliphatic carbocycles. The van der Waals surface area contributed by atoms with Crippen molar-refractivity contribution in [2.75, 3.05) is 23.8 Å². The number of likely N-dealkylation sites (N-methyl/N-ethyl adjacent to an activating group) is 1. The number of rotatable bonds is 4. The quantitative estimate of drug-likeness (QED) is 0.673. The highest BCUT2D eigenvalue weighted by molar-refractivity contribution is 7.19. The van der Waals surface area contributed by atoms with Crippen molar-refractivity contribution in [2.24, 2.45) is 5.92 Å². The fourth-order valence-corrected chi connectivity index (χ4v) is 5.74. The van der Waals surface area contributed by atoms with Crippen molar-refractivity contribution in [1.29, 1.82) is 0 Å². The van der Waals surface area contributed by atoms with Crippen LogP contribution in [-0.4, -0.2) is 29.5 Å². The Bertz CT molecular complexity index is 1060. The third-order valence-electron chi connectivity index (χ3n) is 5.76. The number of nitrogens with zero attached hydrogens (tertiary/aromatic N) is 3. The third-order valence-corrected chi connectivity index (χ3v) is 6.92. The van der Waals surface area contributed by atoms with Crippen LogP contribution in [0.15, 0.2) is 18.5 Å². The molecule has 1 amide bonds. The van der Waals surface area contributed by atoms with Crippen molar-refractivity contribution in [1.82, 2.24) is 9.97 Å². The number of anilines is 2. The Labute approximate surface area is 176 Å². The van der Waals surface area contributed by atoms with E-state index in [0.717, 1.165) is 51.6 Å². The van der Waals surface area contributed by atoms with Gasteiger partial charge in [0.2, 0.25) is 5.91 Å². The zero-order valence-electron chi connectivity index (χ0n) is 17.8. The van der Waals surface area contributed by atoms with Gasteiger partial charge in [0.15, 0.2) is 0 Å². The van der Waals surface area contributed by atoms with Gasteiger partial charge in [-0.25, -0.2) is 9.97 Å². The van der Waals surface area contributed by atoms with E-state index in [4.69, 9.17) is 0 Å². The number of carbonyl (C=O) groups excluding carboxylic acids is 1. The summed E-state index contributed by atoms with van der Waals surface area (Å²) in [5.41, 5.74) is 5.67. The monoisotopic (exact) mass is 408 g/mol. The van der Waals surface area contributed by atoms with E-state index in [1.54, 1.807) is 17.7 Å². The summed E-state index contributed by atoms with van der Waals surface area (Å²) >= 11 is 1.78. The molecular formula is C23H28N4OS. The summed E-state index contributed by atoms with van der Waals surface area (Å²) in [4.78, 5) is 26.3. The average Bonchev–Trinajstić information content (AvgIpc) is 3.01. The van der Waals surface area contributed by atoms with Crippen LogP contribution in [0.4, 0.5) is 11.5 Å². The molecule has 0 unspecified atom stereocenters. The topological polar surface area (TPSA) is 58.1 Å². The molecule has 0 radical (unpaired) electrons. The fourth-order valence-electron chi connectivity index (χ4n) is 4.39. The number of fused-ring (bicyclic) bond motifs is 3. The maximum absolute atomic E-state index is 12.8. The molecule has 0 spiro atoms. The molecule has 4 rings (SSSR count). The second-order valence-corrected chi connectivity index (χ2v) is 9.49. The van der Waals surface area contributed by atoms with Gasteiger partial charge in [-0.05, 0) is 62.6 Å². The van der Waals surface area contributed by atoms with Crippen LogP contribution in [0.1, 0.15) is 40.5 Å². The highest BCUT2D eigenvalue weighted by atomic mass is 32.1. The number of hydrogen-bond acceptors (Lipinski definition) is 5. The lowest BCUT2D eigenvalue weighted by Crippen LogP contribution is -2.31. The Kier molecular flexibility index (Phi) is 5.30. The van der Waals surface area contributed by atoms with E-state index in [-0.39, 0.29) is 12.5 Å². The molecule has 1 aliphatic rings. The van der Waals surface area contributed by atoms with E-state index in [1.807, 2.05) is 25.8 Å². The maximum Gasteiger partial charge on any atom is 0.243 e. The van der Waals surface area contributed by atoms with Crippen LogP contribution < -0.4 is 10.2 Å². The molecule has 2 heterocycles. The molecule has 152 valence electrons. The molecule has 0 bridgehead atoms. The second kappa shape index (κ2) is 7.75. The van der Waals surface area contributed by atoms with Crippen molar-refractivity contribution < 1.29 is 4.79 Å². The zero-order valence-corrected chi connectivity index (χ0v) is 18.6. The Hall–Kier alpha value is -2.47. The van der Waals surface area contributed by atoms with Crippen LogP contribution >= 0.6 is 11.3 Å². The number of nitrogens with one attached hydrogen (secondary N) is 1. The van der Waals surface area contributed by atoms with E-state index in [1.165, 1.54) is 22.4 Å². The Morgan fingerprint density at radius 2 is 1.97 bits per heavy atom. The van der Waals surface area contributed by atoms with E-state index in [0.29, 0.717) is 0 Å². The van der Waals surface area contributed by atoms with Crippen molar-refractivity contribution in [3.63, 3.8) is 0 Å². The van der Waals surface area contributed by atoms with Gasteiger partial charge in [-0.3, -0.25) is 4.79 Å². The van der Waals surface area contributed by atoms with Crippen molar-refractivity contribution in [2.45, 2.75) is 47.0 Å². The van der Waals surface area contributed by atoms with Crippen LogP contribution in [0.25, 0.3) is 10.2 Å². The van der Waals surface area contributed by atoms with Crippen LogP contribution in [0.2, 0.25) is 0 Å². The van der Waals surface area contributed by atoms with E-state index in [2.05, 4.69) is 41.3 Å². The van der Waals surface area contributed by atoms with Gasteiger partial charge >= 0.3 is 0 Å². The smallest absolute Gasteiger partial charge is 0.243 e. The van der Waals surface area contributed by atoms with Gasteiger partial charge < -0.3 is 10.2 Å². The van der Waals surface area contributed by atoms with Crippen molar-refractivity contribution >= 4 is 39.0 Å². The van der Waals surface area contributed by atoms with Crippen molar-refractivity contribution in [3.8, 4) is 0 Å². The summed E-state index contributed by atoms with van der Waals surface area (Å²) < 4.78 is 0. The number of aryl methyl sites for hydroxylation is 4. The second-order valence-electron chi connectivity index (χ2n) is 8.41. The molecule has 1 aromatic carbocycles. The van der Waals surface area contributed by atoms with Gasteiger partial charge in [0.25, 0.3) is 0 Å². The predicted molar refractivity (Wildman–Crippen MR) is 121 cm³/mol. The van der Waals surface area contributed by atoms with Crippen LogP contribution in [-0.2, 0) is 17.6 Å². The first-order valence-corrected chi connectivity index (χ1v) is 11.0. The minimum absolute atomic E-state index is 0.0352. The molecule has 0 aliphatic heterocycles. The summed E-state index contributed by atoms with van der Waals surface area (Å²) in [5, 5.41) is 4.23. The van der Waals surface area contributed by atoms with E-state index in [9.17, 15) is 4.79 Å². The minimum atomic E-state index is -0.0352. The maximum atomic E-state index is 12.8. The molecule has 6 heteroatoms. The molecule has 0 saturated heterocycles. The average molecular weight is 409 g/mol. The van der Waals surface area contributed by atoms with Gasteiger partial charge in [0.05, 0.1) is 11.9 Å². The highest BCUT2D eigenvalue weighted by Gasteiger charge is 2.24. The molecule has 3 aromatic rings. The van der Waals surface area contributed by atoms with Gasteiger partial charge in [0.1, 0.15) is 17.0 Å². The molecule has 29 heavy (non-hydrogen) atoms. The third kappa shape index (κ3) is 3.86. The van der Waals surface area contributed by atoms with Crippen molar-refractivity contribution in [3.05, 3.63) is 45.6 Å². The summed E-state index contributed by atoms with van der Waals surface area (Å²) in [6.07, 6.45) is 5.00. The molecule has 2 aromatic heterocycles. The SMILES string of the molecule is Cc1cc(C)c(NC(=O)CN(C)c2ncnc3sc4c(c23)CC[C@@H](C)C4)c(C)c1. The first-order chi connectivity index (χ1) is 13.8. The van der Waals surface area contributed by atoms with Gasteiger partial charge in [0, 0.05) is 17.6 Å². The number of amides is 1. The number of aromatic nitrogens is 2. The molecule has 1 N–H and O–H groups in total. The number of hydrogen-bond donors (Lipinski definition) is 1. The number of carbonyl (C=O) groups is 1. The Balaban J connectivity index is 1.58. The normalized spacial score (nSPS) is 16.0. The Morgan fingerprint density at radius 1 is 1.24 bits per heavy atom. The summed E-state index contributed by atoms with van der Waals surface area (Å²) in [6, 6.07) is 4.19. The summed E-state index contributed by atoms with van der Waals surface area (Å²) in [6.45, 7) is 8.70. The van der Waals surface area contributed by atoms with E-state index >= 15 is 0 Å². The molecule has 0 saturated carbocycles. The van der Waals surface area contributed by atoms with Gasteiger partial charge in [-0.1, -0.05) is 24.6 Å². The largest absolute Gasteiger partial charge is 0.350 e. The minimum Gasteiger partial charge on any atom is -0.350 e. The Morgan fingerprint density at radius 3 is 2.69 bits per heavy atom. The van der Waals surface area contributed by atoms with E-state index < -0.39 is 0 Å². The predicted octanol–water partition coefficient (Wildman–Crippen LogP) is 4.82. The first-order valence-electron chi connectivity index (χ1n) is 10.2. The first kappa shape index (κ1) is 19.8. The molecule has 1 atom stereocenters.